The second-order valence-electron chi connectivity index (χ2n) is 4.61. The molecule has 1 heterocycles. The normalized spacial score (nSPS) is 14.6. The van der Waals surface area contributed by atoms with Gasteiger partial charge in [-0.05, 0) is 36.4 Å². The molecule has 0 aliphatic carbocycles. The van der Waals surface area contributed by atoms with E-state index in [-0.39, 0.29) is 11.5 Å². The second-order valence-corrected chi connectivity index (χ2v) is 5.74. The molecule has 0 saturated heterocycles. The first-order valence-electron chi connectivity index (χ1n) is 6.55. The van der Waals surface area contributed by atoms with E-state index in [9.17, 15) is 9.18 Å². The molecule has 0 bridgehead atoms. The Morgan fingerprint density at radius 1 is 1.10 bits per heavy atom. The van der Waals surface area contributed by atoms with Crippen LogP contribution in [0.5, 0.6) is 0 Å². The summed E-state index contributed by atoms with van der Waals surface area (Å²) < 4.78 is 13.8. The molecule has 2 aromatic carbocycles. The highest BCUT2D eigenvalue weighted by atomic mass is 32.2. The van der Waals surface area contributed by atoms with Crippen molar-refractivity contribution in [1.29, 1.82) is 0 Å². The Kier molecular flexibility index (Phi) is 3.74. The minimum absolute atomic E-state index is 0.134. The number of carbonyl (C=O) groups is 1. The average molecular weight is 287 g/mol. The van der Waals surface area contributed by atoms with Crippen molar-refractivity contribution in [3.05, 3.63) is 59.9 Å². The van der Waals surface area contributed by atoms with Crippen molar-refractivity contribution < 1.29 is 9.18 Å². The summed E-state index contributed by atoms with van der Waals surface area (Å²) in [6.07, 6.45) is 0.902. The highest BCUT2D eigenvalue weighted by Crippen LogP contribution is 2.34. The highest BCUT2D eigenvalue weighted by Gasteiger charge is 2.24. The molecule has 1 aliphatic heterocycles. The van der Waals surface area contributed by atoms with Crippen LogP contribution in [0, 0.1) is 5.82 Å². The molecule has 2 aromatic rings. The molecule has 102 valence electrons. The summed E-state index contributed by atoms with van der Waals surface area (Å²) in [4.78, 5) is 15.4. The van der Waals surface area contributed by atoms with Gasteiger partial charge in [0.1, 0.15) is 5.82 Å². The van der Waals surface area contributed by atoms with Gasteiger partial charge in [-0.15, -0.1) is 11.8 Å². The average Bonchev–Trinajstić information content (AvgIpc) is 2.69. The van der Waals surface area contributed by atoms with Crippen LogP contribution in [0.1, 0.15) is 16.8 Å². The Hall–Kier alpha value is -1.81. The van der Waals surface area contributed by atoms with Gasteiger partial charge in [0.2, 0.25) is 0 Å². The maximum atomic E-state index is 13.8. The van der Waals surface area contributed by atoms with Crippen molar-refractivity contribution in [2.24, 2.45) is 0 Å². The molecule has 0 saturated carbocycles. The van der Waals surface area contributed by atoms with Crippen LogP contribution in [0.2, 0.25) is 0 Å². The molecule has 1 aliphatic rings. The molecular weight excluding hydrogens is 273 g/mol. The van der Waals surface area contributed by atoms with E-state index < -0.39 is 5.82 Å². The fourth-order valence-electron chi connectivity index (χ4n) is 2.32. The van der Waals surface area contributed by atoms with E-state index in [0.29, 0.717) is 6.54 Å². The highest BCUT2D eigenvalue weighted by molar-refractivity contribution is 7.99. The third kappa shape index (κ3) is 2.43. The predicted octanol–water partition coefficient (Wildman–Crippen LogP) is 3.97. The monoisotopic (exact) mass is 287 g/mol. The van der Waals surface area contributed by atoms with E-state index in [1.54, 1.807) is 28.8 Å². The second kappa shape index (κ2) is 5.67. The van der Waals surface area contributed by atoms with Crippen LogP contribution in [0.3, 0.4) is 0 Å². The van der Waals surface area contributed by atoms with E-state index in [1.165, 1.54) is 12.1 Å². The van der Waals surface area contributed by atoms with Crippen LogP contribution < -0.4 is 4.90 Å². The van der Waals surface area contributed by atoms with Crippen molar-refractivity contribution in [1.82, 2.24) is 0 Å². The number of carbonyl (C=O) groups excluding carboxylic acids is 1. The number of hydrogen-bond acceptors (Lipinski definition) is 2. The molecule has 0 N–H and O–H groups in total. The number of hydrogen-bond donors (Lipinski definition) is 0. The van der Waals surface area contributed by atoms with Gasteiger partial charge in [0, 0.05) is 11.4 Å². The Morgan fingerprint density at radius 2 is 1.85 bits per heavy atom. The summed E-state index contributed by atoms with van der Waals surface area (Å²) in [6, 6.07) is 14.0. The quantitative estimate of drug-likeness (QED) is 0.791. The van der Waals surface area contributed by atoms with Crippen LogP contribution in [0.15, 0.2) is 53.4 Å². The first-order chi connectivity index (χ1) is 9.77. The lowest BCUT2D eigenvalue weighted by atomic mass is 10.1. The SMILES string of the molecule is O=C(c1ccccc1F)N1CCCSc2ccccc21. The van der Waals surface area contributed by atoms with Gasteiger partial charge in [-0.25, -0.2) is 4.39 Å². The van der Waals surface area contributed by atoms with Gasteiger partial charge in [-0.2, -0.15) is 0 Å². The van der Waals surface area contributed by atoms with Crippen molar-refractivity contribution >= 4 is 23.4 Å². The molecule has 0 aromatic heterocycles. The minimum Gasteiger partial charge on any atom is -0.307 e. The summed E-state index contributed by atoms with van der Waals surface area (Å²) >= 11 is 1.74. The van der Waals surface area contributed by atoms with Crippen LogP contribution in [-0.4, -0.2) is 18.2 Å². The van der Waals surface area contributed by atoms with Gasteiger partial charge in [0.15, 0.2) is 0 Å². The van der Waals surface area contributed by atoms with Crippen molar-refractivity contribution in [2.75, 3.05) is 17.2 Å². The lowest BCUT2D eigenvalue weighted by molar-refractivity contribution is 0.0983. The number of nitrogens with zero attached hydrogens (tertiary/aromatic N) is 1. The lowest BCUT2D eigenvalue weighted by Gasteiger charge is -2.22. The molecule has 0 spiro atoms. The Bertz CT molecular complexity index is 644. The third-order valence-corrected chi connectivity index (χ3v) is 4.44. The van der Waals surface area contributed by atoms with E-state index in [1.807, 2.05) is 24.3 Å². The molecule has 2 nitrogen and oxygen atoms in total. The van der Waals surface area contributed by atoms with Crippen molar-refractivity contribution in [2.45, 2.75) is 11.3 Å². The van der Waals surface area contributed by atoms with Gasteiger partial charge in [-0.1, -0.05) is 24.3 Å². The summed E-state index contributed by atoms with van der Waals surface area (Å²) in [5, 5.41) is 0. The summed E-state index contributed by atoms with van der Waals surface area (Å²) in [5.41, 5.74) is 1.01. The summed E-state index contributed by atoms with van der Waals surface area (Å²) in [6.45, 7) is 0.622. The van der Waals surface area contributed by atoms with Crippen LogP contribution in [0.25, 0.3) is 0 Å². The molecule has 3 rings (SSSR count). The summed E-state index contributed by atoms with van der Waals surface area (Å²) in [5.74, 6) is 0.239. The van der Waals surface area contributed by atoms with Gasteiger partial charge >= 0.3 is 0 Å². The molecule has 0 atom stereocenters. The zero-order chi connectivity index (χ0) is 13.9. The Labute approximate surface area is 121 Å². The molecule has 0 fully saturated rings. The number of benzene rings is 2. The number of anilines is 1. The number of amides is 1. The van der Waals surface area contributed by atoms with Gasteiger partial charge in [0.25, 0.3) is 5.91 Å². The zero-order valence-electron chi connectivity index (χ0n) is 10.9. The standard InChI is InChI=1S/C16H14FNOS/c17-13-7-2-1-6-12(13)16(19)18-10-5-11-20-15-9-4-3-8-14(15)18/h1-4,6-9H,5,10-11H2. The van der Waals surface area contributed by atoms with E-state index in [2.05, 4.69) is 0 Å². The lowest BCUT2D eigenvalue weighted by Crippen LogP contribution is -2.32. The molecule has 0 radical (unpaired) electrons. The van der Waals surface area contributed by atoms with Gasteiger partial charge < -0.3 is 4.90 Å². The Balaban J connectivity index is 2.02. The largest absolute Gasteiger partial charge is 0.307 e. The van der Waals surface area contributed by atoms with Crippen LogP contribution in [0.4, 0.5) is 10.1 Å². The van der Waals surface area contributed by atoms with E-state index in [4.69, 9.17) is 0 Å². The molecule has 4 heteroatoms. The van der Waals surface area contributed by atoms with Gasteiger partial charge in [0.05, 0.1) is 11.3 Å². The number of fused-ring (bicyclic) bond motifs is 1. The number of rotatable bonds is 1. The van der Waals surface area contributed by atoms with Crippen molar-refractivity contribution in [3.63, 3.8) is 0 Å². The van der Waals surface area contributed by atoms with Crippen molar-refractivity contribution in [3.8, 4) is 0 Å². The fourth-order valence-corrected chi connectivity index (χ4v) is 3.31. The maximum absolute atomic E-state index is 13.8. The topological polar surface area (TPSA) is 20.3 Å². The van der Waals surface area contributed by atoms with E-state index >= 15 is 0 Å². The Morgan fingerprint density at radius 3 is 2.70 bits per heavy atom. The molecular formula is C16H14FNOS. The molecule has 0 unspecified atom stereocenters. The first-order valence-corrected chi connectivity index (χ1v) is 7.54. The fraction of sp³-hybridized carbons (Fsp3) is 0.188. The zero-order valence-corrected chi connectivity index (χ0v) is 11.7. The van der Waals surface area contributed by atoms with Crippen LogP contribution in [-0.2, 0) is 0 Å². The van der Waals surface area contributed by atoms with E-state index in [0.717, 1.165) is 22.8 Å². The summed E-state index contributed by atoms with van der Waals surface area (Å²) in [7, 11) is 0. The number of thioether (sulfide) groups is 1. The number of halogens is 1. The molecule has 1 amide bonds. The smallest absolute Gasteiger partial charge is 0.261 e. The van der Waals surface area contributed by atoms with Gasteiger partial charge in [-0.3, -0.25) is 4.79 Å². The number of para-hydroxylation sites is 1. The predicted molar refractivity (Wildman–Crippen MR) is 79.9 cm³/mol. The minimum atomic E-state index is -0.466. The third-order valence-electron chi connectivity index (χ3n) is 3.29. The first kappa shape index (κ1) is 13.2. The maximum Gasteiger partial charge on any atom is 0.261 e. The molecule has 20 heavy (non-hydrogen) atoms. The van der Waals surface area contributed by atoms with Crippen LogP contribution >= 0.6 is 11.8 Å².